The average Bonchev–Trinajstić information content (AvgIpc) is 2.44. The first-order valence-corrected chi connectivity index (χ1v) is 5.23. The van der Waals surface area contributed by atoms with E-state index in [2.05, 4.69) is 58.8 Å². The first-order chi connectivity index (χ1) is 5.83. The molecule has 62 valence electrons. The second kappa shape index (κ2) is 3.17. The molecule has 0 radical (unpaired) electrons. The Bertz CT molecular complexity index is 330. The average molecular weight is 271 g/mol. The van der Waals surface area contributed by atoms with Gasteiger partial charge in [-0.05, 0) is 34.6 Å². The standard InChI is InChI=1S/C10H10IN/c1-2-9-7-5-3-4-6-8(7)10(11)12-9/h3-6,9H,2H2,1H3. The maximum Gasteiger partial charge on any atom is 0.104 e. The number of rotatable bonds is 1. The largest absolute Gasteiger partial charge is 0.270 e. The van der Waals surface area contributed by atoms with Crippen LogP contribution in [0.15, 0.2) is 29.3 Å². The summed E-state index contributed by atoms with van der Waals surface area (Å²) in [6.07, 6.45) is 1.10. The summed E-state index contributed by atoms with van der Waals surface area (Å²) in [6.45, 7) is 2.18. The van der Waals surface area contributed by atoms with Crippen molar-refractivity contribution in [2.45, 2.75) is 19.4 Å². The number of nitrogens with zero attached hydrogens (tertiary/aromatic N) is 1. The highest BCUT2D eigenvalue weighted by Gasteiger charge is 2.20. The lowest BCUT2D eigenvalue weighted by Gasteiger charge is -2.04. The van der Waals surface area contributed by atoms with E-state index in [0.29, 0.717) is 6.04 Å². The van der Waals surface area contributed by atoms with Crippen LogP contribution in [0.4, 0.5) is 0 Å². The summed E-state index contributed by atoms with van der Waals surface area (Å²) in [5.74, 6) is 0. The molecule has 1 aliphatic rings. The van der Waals surface area contributed by atoms with E-state index in [0.717, 1.165) is 10.1 Å². The number of fused-ring (bicyclic) bond motifs is 1. The van der Waals surface area contributed by atoms with E-state index in [4.69, 9.17) is 0 Å². The molecule has 0 saturated carbocycles. The van der Waals surface area contributed by atoms with Crippen LogP contribution in [0.3, 0.4) is 0 Å². The van der Waals surface area contributed by atoms with Crippen LogP contribution in [-0.4, -0.2) is 3.72 Å². The van der Waals surface area contributed by atoms with E-state index in [1.165, 1.54) is 11.1 Å². The summed E-state index contributed by atoms with van der Waals surface area (Å²) < 4.78 is 1.16. The van der Waals surface area contributed by atoms with Crippen molar-refractivity contribution >= 4 is 26.3 Å². The highest BCUT2D eigenvalue weighted by atomic mass is 127. The maximum atomic E-state index is 4.58. The topological polar surface area (TPSA) is 12.4 Å². The van der Waals surface area contributed by atoms with Gasteiger partial charge in [-0.2, -0.15) is 0 Å². The van der Waals surface area contributed by atoms with Crippen LogP contribution in [-0.2, 0) is 0 Å². The summed E-state index contributed by atoms with van der Waals surface area (Å²) in [4.78, 5) is 4.58. The van der Waals surface area contributed by atoms with Gasteiger partial charge in [0.2, 0.25) is 0 Å². The lowest BCUT2D eigenvalue weighted by Crippen LogP contribution is -1.90. The Labute approximate surface area is 86.0 Å². The number of hydrogen-bond acceptors (Lipinski definition) is 1. The first-order valence-electron chi connectivity index (χ1n) is 4.15. The zero-order chi connectivity index (χ0) is 8.55. The van der Waals surface area contributed by atoms with Gasteiger partial charge in [-0.1, -0.05) is 31.2 Å². The number of halogens is 1. The predicted octanol–water partition coefficient (Wildman–Crippen LogP) is 3.33. The van der Waals surface area contributed by atoms with Crippen molar-refractivity contribution < 1.29 is 0 Å². The highest BCUT2D eigenvalue weighted by Crippen LogP contribution is 2.33. The molecule has 1 atom stereocenters. The normalized spacial score (nSPS) is 20.5. The SMILES string of the molecule is CCC1N=C(I)c2ccccc21. The van der Waals surface area contributed by atoms with Crippen molar-refractivity contribution in [3.05, 3.63) is 35.4 Å². The fourth-order valence-electron chi connectivity index (χ4n) is 1.56. The van der Waals surface area contributed by atoms with Crippen molar-refractivity contribution in [3.8, 4) is 0 Å². The monoisotopic (exact) mass is 271 g/mol. The van der Waals surface area contributed by atoms with Crippen LogP contribution in [0.5, 0.6) is 0 Å². The molecular formula is C10H10IN. The Morgan fingerprint density at radius 2 is 2.17 bits per heavy atom. The molecule has 1 aromatic rings. The van der Waals surface area contributed by atoms with Crippen molar-refractivity contribution in [1.82, 2.24) is 0 Å². The highest BCUT2D eigenvalue weighted by molar-refractivity contribution is 14.1. The van der Waals surface area contributed by atoms with Gasteiger partial charge in [0.1, 0.15) is 3.72 Å². The van der Waals surface area contributed by atoms with Gasteiger partial charge in [-0.15, -0.1) is 0 Å². The van der Waals surface area contributed by atoms with Crippen molar-refractivity contribution in [1.29, 1.82) is 0 Å². The van der Waals surface area contributed by atoms with E-state index in [1.807, 2.05) is 0 Å². The van der Waals surface area contributed by atoms with Gasteiger partial charge in [0.05, 0.1) is 6.04 Å². The molecule has 1 aliphatic heterocycles. The van der Waals surface area contributed by atoms with Crippen LogP contribution in [0.1, 0.15) is 30.5 Å². The zero-order valence-corrected chi connectivity index (χ0v) is 9.08. The van der Waals surface area contributed by atoms with Crippen molar-refractivity contribution in [2.24, 2.45) is 4.99 Å². The fraction of sp³-hybridized carbons (Fsp3) is 0.300. The van der Waals surface area contributed by atoms with Gasteiger partial charge in [0.25, 0.3) is 0 Å². The van der Waals surface area contributed by atoms with Gasteiger partial charge in [-0.25, -0.2) is 0 Å². The third kappa shape index (κ3) is 1.18. The summed E-state index contributed by atoms with van der Waals surface area (Å²) in [5.41, 5.74) is 2.72. The van der Waals surface area contributed by atoms with Crippen LogP contribution >= 0.6 is 22.6 Å². The number of hydrogen-bond donors (Lipinski definition) is 0. The Balaban J connectivity index is 2.52. The number of aliphatic imine (C=N–C) groups is 1. The molecular weight excluding hydrogens is 261 g/mol. The minimum Gasteiger partial charge on any atom is -0.270 e. The smallest absolute Gasteiger partial charge is 0.104 e. The summed E-state index contributed by atoms with van der Waals surface area (Å²) >= 11 is 2.31. The molecule has 0 spiro atoms. The van der Waals surface area contributed by atoms with Gasteiger partial charge in [-0.3, -0.25) is 4.99 Å². The van der Waals surface area contributed by atoms with Crippen LogP contribution in [0.2, 0.25) is 0 Å². The van der Waals surface area contributed by atoms with Crippen LogP contribution in [0, 0.1) is 0 Å². The zero-order valence-electron chi connectivity index (χ0n) is 6.92. The second-order valence-electron chi connectivity index (χ2n) is 2.93. The summed E-state index contributed by atoms with van der Waals surface area (Å²) in [5, 5.41) is 0. The molecule has 0 saturated heterocycles. The minimum atomic E-state index is 0.410. The minimum absolute atomic E-state index is 0.410. The Kier molecular flexibility index (Phi) is 2.17. The molecule has 0 aliphatic carbocycles. The van der Waals surface area contributed by atoms with Gasteiger partial charge in [0, 0.05) is 5.56 Å². The molecule has 0 N–H and O–H groups in total. The van der Waals surface area contributed by atoms with Gasteiger partial charge >= 0.3 is 0 Å². The van der Waals surface area contributed by atoms with E-state index in [1.54, 1.807) is 0 Å². The maximum absolute atomic E-state index is 4.58. The molecule has 0 aromatic heterocycles. The number of benzene rings is 1. The lowest BCUT2D eigenvalue weighted by molar-refractivity contribution is 0.717. The van der Waals surface area contributed by atoms with E-state index >= 15 is 0 Å². The third-order valence-corrected chi connectivity index (χ3v) is 3.06. The Morgan fingerprint density at radius 3 is 2.92 bits per heavy atom. The van der Waals surface area contributed by atoms with E-state index in [-0.39, 0.29) is 0 Å². The van der Waals surface area contributed by atoms with Crippen LogP contribution < -0.4 is 0 Å². The molecule has 2 rings (SSSR count). The Morgan fingerprint density at radius 1 is 1.42 bits per heavy atom. The third-order valence-electron chi connectivity index (χ3n) is 2.20. The van der Waals surface area contributed by atoms with Gasteiger partial charge < -0.3 is 0 Å². The van der Waals surface area contributed by atoms with Crippen molar-refractivity contribution in [3.63, 3.8) is 0 Å². The first kappa shape index (κ1) is 8.23. The summed E-state index contributed by atoms with van der Waals surface area (Å²) in [6, 6.07) is 8.90. The van der Waals surface area contributed by atoms with Gasteiger partial charge in [0.15, 0.2) is 0 Å². The summed E-state index contributed by atoms with van der Waals surface area (Å²) in [7, 11) is 0. The molecule has 0 fully saturated rings. The molecule has 1 nitrogen and oxygen atoms in total. The molecule has 12 heavy (non-hydrogen) atoms. The van der Waals surface area contributed by atoms with E-state index in [9.17, 15) is 0 Å². The molecule has 0 bridgehead atoms. The molecule has 1 heterocycles. The Hall–Kier alpha value is -0.380. The van der Waals surface area contributed by atoms with Crippen molar-refractivity contribution in [2.75, 3.05) is 0 Å². The molecule has 1 aromatic carbocycles. The van der Waals surface area contributed by atoms with Crippen LogP contribution in [0.25, 0.3) is 0 Å². The fourth-order valence-corrected chi connectivity index (χ4v) is 2.39. The molecule has 2 heteroatoms. The second-order valence-corrected chi connectivity index (χ2v) is 3.95. The molecule has 0 amide bonds. The lowest BCUT2D eigenvalue weighted by atomic mass is 10.0. The molecule has 1 unspecified atom stereocenters. The quantitative estimate of drug-likeness (QED) is 0.695. The predicted molar refractivity (Wildman–Crippen MR) is 60.0 cm³/mol. The van der Waals surface area contributed by atoms with E-state index < -0.39 is 0 Å².